The second-order valence-corrected chi connectivity index (χ2v) is 3.20. The lowest BCUT2D eigenvalue weighted by Crippen LogP contribution is -2.39. The summed E-state index contributed by atoms with van der Waals surface area (Å²) in [5.74, 6) is 0.335. The molecule has 1 N–H and O–H groups in total. The van der Waals surface area contributed by atoms with Gasteiger partial charge in [0.05, 0.1) is 13.2 Å². The van der Waals surface area contributed by atoms with E-state index in [9.17, 15) is 4.79 Å². The Bertz CT molecular complexity index is 175. The molecular formula is C9H17NO2. The van der Waals surface area contributed by atoms with Crippen LogP contribution in [0.5, 0.6) is 0 Å². The van der Waals surface area contributed by atoms with E-state index >= 15 is 0 Å². The fourth-order valence-corrected chi connectivity index (χ4v) is 1.04. The molecule has 0 rings (SSSR count). The number of methoxy groups -OCH3 is 1. The molecule has 0 aromatic rings. The second-order valence-electron chi connectivity index (χ2n) is 3.20. The van der Waals surface area contributed by atoms with Crippen LogP contribution in [-0.2, 0) is 4.74 Å². The van der Waals surface area contributed by atoms with Gasteiger partial charge in [0.15, 0.2) is 0 Å². The van der Waals surface area contributed by atoms with Crippen molar-refractivity contribution in [3.05, 3.63) is 12.2 Å². The van der Waals surface area contributed by atoms with Crippen molar-refractivity contribution >= 4 is 6.09 Å². The summed E-state index contributed by atoms with van der Waals surface area (Å²) >= 11 is 0. The number of carbonyl (C=O) groups is 1. The van der Waals surface area contributed by atoms with E-state index in [1.165, 1.54) is 7.11 Å². The Morgan fingerprint density at radius 2 is 2.00 bits per heavy atom. The monoisotopic (exact) mass is 171 g/mol. The molecule has 0 aliphatic heterocycles. The fraction of sp³-hybridized carbons (Fsp3) is 0.667. The molecule has 12 heavy (non-hydrogen) atoms. The zero-order valence-electron chi connectivity index (χ0n) is 8.18. The van der Waals surface area contributed by atoms with Gasteiger partial charge in [0.1, 0.15) is 0 Å². The van der Waals surface area contributed by atoms with E-state index in [4.69, 9.17) is 0 Å². The van der Waals surface area contributed by atoms with Gasteiger partial charge in [-0.25, -0.2) is 4.79 Å². The molecule has 0 radical (unpaired) electrons. The van der Waals surface area contributed by atoms with Crippen LogP contribution in [0.1, 0.15) is 20.8 Å². The van der Waals surface area contributed by atoms with Crippen LogP contribution in [0.15, 0.2) is 12.2 Å². The number of alkyl carbamates (subject to hydrolysis) is 1. The average molecular weight is 171 g/mol. The van der Waals surface area contributed by atoms with Crippen molar-refractivity contribution in [1.29, 1.82) is 0 Å². The molecule has 0 aromatic heterocycles. The van der Waals surface area contributed by atoms with E-state index in [2.05, 4.69) is 16.6 Å². The predicted octanol–water partition coefficient (Wildman–Crippen LogP) is 1.94. The smallest absolute Gasteiger partial charge is 0.407 e. The molecule has 0 aliphatic rings. The zero-order chi connectivity index (χ0) is 9.72. The fourth-order valence-electron chi connectivity index (χ4n) is 1.04. The summed E-state index contributed by atoms with van der Waals surface area (Å²) in [4.78, 5) is 10.9. The molecule has 1 unspecified atom stereocenters. The van der Waals surface area contributed by atoms with E-state index in [-0.39, 0.29) is 6.04 Å². The lowest BCUT2D eigenvalue weighted by atomic mass is 9.99. The van der Waals surface area contributed by atoms with Gasteiger partial charge >= 0.3 is 6.09 Å². The summed E-state index contributed by atoms with van der Waals surface area (Å²) in [5.41, 5.74) is 0.940. The van der Waals surface area contributed by atoms with Crippen molar-refractivity contribution in [2.24, 2.45) is 5.92 Å². The first-order valence-corrected chi connectivity index (χ1v) is 3.99. The largest absolute Gasteiger partial charge is 0.453 e. The summed E-state index contributed by atoms with van der Waals surface area (Å²) in [6.07, 6.45) is -0.406. The maximum Gasteiger partial charge on any atom is 0.407 e. The van der Waals surface area contributed by atoms with Gasteiger partial charge in [-0.1, -0.05) is 26.0 Å². The molecule has 70 valence electrons. The van der Waals surface area contributed by atoms with Gasteiger partial charge in [0.2, 0.25) is 0 Å². The van der Waals surface area contributed by atoms with Crippen LogP contribution >= 0.6 is 0 Å². The molecule has 0 spiro atoms. The normalized spacial score (nSPS) is 12.4. The molecule has 0 aliphatic carbocycles. The van der Waals surface area contributed by atoms with Gasteiger partial charge in [-0.05, 0) is 12.8 Å². The Hall–Kier alpha value is -0.990. The third-order valence-corrected chi connectivity index (χ3v) is 1.66. The maximum absolute atomic E-state index is 10.9. The summed E-state index contributed by atoms with van der Waals surface area (Å²) in [5, 5.41) is 2.70. The average Bonchev–Trinajstić information content (AvgIpc) is 1.98. The standard InChI is InChI=1S/C9H17NO2/c1-6(2)8(7(3)4)10-9(11)12-5/h7-8H,1H2,2-5H3,(H,10,11). The van der Waals surface area contributed by atoms with Crippen LogP contribution < -0.4 is 5.32 Å². The van der Waals surface area contributed by atoms with Gasteiger partial charge in [-0.15, -0.1) is 0 Å². The molecule has 1 amide bonds. The summed E-state index contributed by atoms with van der Waals surface area (Å²) in [6.45, 7) is 9.73. The number of ether oxygens (including phenoxy) is 1. The first kappa shape index (κ1) is 11.0. The number of rotatable bonds is 3. The molecular weight excluding hydrogens is 154 g/mol. The van der Waals surface area contributed by atoms with Crippen molar-refractivity contribution in [2.45, 2.75) is 26.8 Å². The van der Waals surface area contributed by atoms with Gasteiger partial charge in [-0.2, -0.15) is 0 Å². The number of hydrogen-bond donors (Lipinski definition) is 1. The van der Waals surface area contributed by atoms with Crippen molar-refractivity contribution in [3.63, 3.8) is 0 Å². The third kappa shape index (κ3) is 3.42. The molecule has 0 bridgehead atoms. The Labute approximate surface area is 73.8 Å². The van der Waals surface area contributed by atoms with Crippen LogP contribution in [0.25, 0.3) is 0 Å². The minimum absolute atomic E-state index is 0.00236. The van der Waals surface area contributed by atoms with E-state index in [0.29, 0.717) is 5.92 Å². The Kier molecular flexibility index (Phi) is 4.40. The minimum Gasteiger partial charge on any atom is -0.453 e. The number of carbonyl (C=O) groups excluding carboxylic acids is 1. The van der Waals surface area contributed by atoms with E-state index in [1.54, 1.807) is 0 Å². The van der Waals surface area contributed by atoms with Crippen molar-refractivity contribution in [2.75, 3.05) is 7.11 Å². The van der Waals surface area contributed by atoms with Gasteiger partial charge < -0.3 is 10.1 Å². The number of nitrogens with one attached hydrogen (secondary N) is 1. The van der Waals surface area contributed by atoms with Gasteiger partial charge in [-0.3, -0.25) is 0 Å². The Balaban J connectivity index is 4.14. The lowest BCUT2D eigenvalue weighted by Gasteiger charge is -2.21. The molecule has 3 heteroatoms. The highest BCUT2D eigenvalue weighted by Gasteiger charge is 2.16. The number of amides is 1. The molecule has 0 saturated carbocycles. The molecule has 3 nitrogen and oxygen atoms in total. The summed E-state index contributed by atoms with van der Waals surface area (Å²) in [7, 11) is 1.35. The van der Waals surface area contributed by atoms with Gasteiger partial charge in [0.25, 0.3) is 0 Å². The molecule has 0 aromatic carbocycles. The first-order chi connectivity index (χ1) is 5.49. The topological polar surface area (TPSA) is 38.3 Å². The Morgan fingerprint density at radius 3 is 2.25 bits per heavy atom. The summed E-state index contributed by atoms with van der Waals surface area (Å²) in [6, 6.07) is -0.00236. The number of hydrogen-bond acceptors (Lipinski definition) is 2. The highest BCUT2D eigenvalue weighted by molar-refractivity contribution is 5.67. The SMILES string of the molecule is C=C(C)C(NC(=O)OC)C(C)C. The minimum atomic E-state index is -0.406. The van der Waals surface area contributed by atoms with E-state index in [0.717, 1.165) is 5.57 Å². The predicted molar refractivity (Wildman–Crippen MR) is 49.0 cm³/mol. The quantitative estimate of drug-likeness (QED) is 0.659. The van der Waals surface area contributed by atoms with Crippen LogP contribution in [0, 0.1) is 5.92 Å². The van der Waals surface area contributed by atoms with E-state index < -0.39 is 6.09 Å². The highest BCUT2D eigenvalue weighted by Crippen LogP contribution is 2.09. The molecule has 1 atom stereocenters. The molecule has 0 heterocycles. The second kappa shape index (κ2) is 4.80. The molecule has 0 saturated heterocycles. The van der Waals surface area contributed by atoms with Crippen LogP contribution in [0.2, 0.25) is 0 Å². The summed E-state index contributed by atoms with van der Waals surface area (Å²) < 4.78 is 4.49. The first-order valence-electron chi connectivity index (χ1n) is 3.99. The van der Waals surface area contributed by atoms with Crippen molar-refractivity contribution in [3.8, 4) is 0 Å². The van der Waals surface area contributed by atoms with Crippen molar-refractivity contribution < 1.29 is 9.53 Å². The third-order valence-electron chi connectivity index (χ3n) is 1.66. The van der Waals surface area contributed by atoms with Crippen molar-refractivity contribution in [1.82, 2.24) is 5.32 Å². The lowest BCUT2D eigenvalue weighted by molar-refractivity contribution is 0.165. The van der Waals surface area contributed by atoms with Crippen LogP contribution in [0.3, 0.4) is 0 Å². The molecule has 0 fully saturated rings. The van der Waals surface area contributed by atoms with Crippen LogP contribution in [-0.4, -0.2) is 19.2 Å². The maximum atomic E-state index is 10.9. The highest BCUT2D eigenvalue weighted by atomic mass is 16.5. The van der Waals surface area contributed by atoms with E-state index in [1.807, 2.05) is 20.8 Å². The Morgan fingerprint density at radius 1 is 1.50 bits per heavy atom. The van der Waals surface area contributed by atoms with Crippen LogP contribution in [0.4, 0.5) is 4.79 Å². The van der Waals surface area contributed by atoms with Gasteiger partial charge in [0, 0.05) is 0 Å². The zero-order valence-corrected chi connectivity index (χ0v) is 8.18.